The molecule has 0 fully saturated rings. The molecule has 39 heavy (non-hydrogen) atoms. The van der Waals surface area contributed by atoms with Crippen LogP contribution in [-0.4, -0.2) is 6.88 Å². The fourth-order valence-corrected chi connectivity index (χ4v) is 4.56. The zero-order chi connectivity index (χ0) is 26.5. The molecule has 0 N–H and O–H groups in total. The molecule has 0 nitrogen and oxygen atoms in total. The Balaban J connectivity index is 0. The van der Waals surface area contributed by atoms with Crippen LogP contribution in [0.25, 0.3) is 21.5 Å². The largest absolute Gasteiger partial charge is 0.184 e. The van der Waals surface area contributed by atoms with Crippen LogP contribution in [0.2, 0.25) is 0 Å². The van der Waals surface area contributed by atoms with E-state index >= 15 is 0 Å². The predicted octanol–water partition coefficient (Wildman–Crippen LogP) is 10.5. The summed E-state index contributed by atoms with van der Waals surface area (Å²) < 4.78 is 0. The van der Waals surface area contributed by atoms with Crippen molar-refractivity contribution in [3.63, 3.8) is 0 Å². The van der Waals surface area contributed by atoms with Crippen LogP contribution in [0.1, 0.15) is 49.9 Å². The second-order valence-electron chi connectivity index (χ2n) is 10.1. The van der Waals surface area contributed by atoms with Crippen molar-refractivity contribution < 1.29 is 23.3 Å². The number of rotatable bonds is 4. The summed E-state index contributed by atoms with van der Waals surface area (Å²) in [5, 5.41) is 5.67. The van der Waals surface area contributed by atoms with Gasteiger partial charge in [0.25, 0.3) is 0 Å². The summed E-state index contributed by atoms with van der Waals surface area (Å²) in [5.74, 6) is 1.47. The number of halogens is 2. The van der Waals surface area contributed by atoms with Crippen molar-refractivity contribution in [3.8, 4) is 0 Å². The van der Waals surface area contributed by atoms with Gasteiger partial charge in [-0.15, -0.1) is 105 Å². The molecule has 0 aromatic heterocycles. The van der Waals surface area contributed by atoms with Gasteiger partial charge in [-0.1, -0.05) is 78.4 Å². The van der Waals surface area contributed by atoms with E-state index in [4.69, 9.17) is 0 Å². The van der Waals surface area contributed by atoms with E-state index in [2.05, 4.69) is 115 Å². The van der Waals surface area contributed by atoms with Crippen molar-refractivity contribution in [1.29, 1.82) is 0 Å². The minimum atomic E-state index is 0. The third-order valence-electron chi connectivity index (χ3n) is 6.10. The Hall–Kier alpha value is -1.44. The van der Waals surface area contributed by atoms with Crippen molar-refractivity contribution in [2.24, 2.45) is 11.8 Å². The second-order valence-corrected chi connectivity index (χ2v) is 10.1. The third kappa shape index (κ3) is 12.7. The van der Waals surface area contributed by atoms with Gasteiger partial charge in [0.05, 0.1) is 0 Å². The Morgan fingerprint density at radius 3 is 1.28 bits per heavy atom. The summed E-state index contributed by atoms with van der Waals surface area (Å²) in [7, 11) is 0. The molecule has 5 rings (SSSR count). The van der Waals surface area contributed by atoms with Crippen LogP contribution in [0.4, 0.5) is 0 Å². The van der Waals surface area contributed by atoms with E-state index in [9.17, 15) is 0 Å². The molecule has 4 heteroatoms. The standard InChI is InChI=1S/2C14H17.C6H5.CH3.2ClH.Si.Zr/c2*1-10(2)8-14-11(3)9-12-6-4-5-7-13(12)14;1-2-4-6-5-3-1;;;;;/h2*4-7,9-10H,8H2,1-3H3;1-5H;1H3;2*1H;;/q4*-1;;;;. The van der Waals surface area contributed by atoms with E-state index < -0.39 is 0 Å². The molecule has 210 valence electrons. The first kappa shape index (κ1) is 39.7. The predicted molar refractivity (Wildman–Crippen MR) is 178 cm³/mol. The van der Waals surface area contributed by atoms with Crippen LogP contribution >= 0.6 is 24.8 Å². The molecule has 5 aromatic rings. The average Bonchev–Trinajstić information content (AvgIpc) is 3.37. The zero-order valence-electron chi connectivity index (χ0n) is 24.5. The van der Waals surface area contributed by atoms with E-state index in [-0.39, 0.29) is 32.2 Å². The molecule has 0 unspecified atom stereocenters. The number of hydrogen-bond acceptors (Lipinski definition) is 0. The van der Waals surface area contributed by atoms with Gasteiger partial charge >= 0.3 is 30.2 Å². The zero-order valence-corrected chi connectivity index (χ0v) is 29.6. The van der Waals surface area contributed by atoms with Gasteiger partial charge < -0.3 is 7.43 Å². The van der Waals surface area contributed by atoms with Gasteiger partial charge in [0.2, 0.25) is 0 Å². The van der Waals surface area contributed by atoms with E-state index in [1.54, 1.807) is 0 Å². The molecule has 0 aliphatic rings. The van der Waals surface area contributed by atoms with Gasteiger partial charge in [-0.3, -0.25) is 0 Å². The average molecular weight is 655 g/mol. The van der Waals surface area contributed by atoms with Gasteiger partial charge in [0.1, 0.15) is 0 Å². The second kappa shape index (κ2) is 21.3. The van der Waals surface area contributed by atoms with E-state index in [1.807, 2.05) is 30.3 Å². The van der Waals surface area contributed by atoms with E-state index in [0.29, 0.717) is 0 Å². The van der Waals surface area contributed by atoms with Crippen molar-refractivity contribution in [3.05, 3.63) is 127 Å². The molecule has 0 aliphatic heterocycles. The van der Waals surface area contributed by atoms with E-state index in [1.165, 1.54) is 80.0 Å². The summed E-state index contributed by atoms with van der Waals surface area (Å²) in [4.78, 5) is 0. The fourth-order valence-electron chi connectivity index (χ4n) is 4.56. The maximum absolute atomic E-state index is 3.06. The van der Waals surface area contributed by atoms with Crippen LogP contribution in [0, 0.1) is 39.2 Å². The van der Waals surface area contributed by atoms with Gasteiger partial charge in [0.15, 0.2) is 0 Å². The summed E-state index contributed by atoms with van der Waals surface area (Å²) >= 11 is 1.36. The van der Waals surface area contributed by atoms with E-state index in [0.717, 1.165) is 11.8 Å². The first-order valence-corrected chi connectivity index (χ1v) is 17.0. The summed E-state index contributed by atoms with van der Waals surface area (Å²) in [6.45, 7) is 16.6. The molecule has 0 atom stereocenters. The topological polar surface area (TPSA) is 0 Å². The quantitative estimate of drug-likeness (QED) is 0.134. The van der Waals surface area contributed by atoms with Crippen molar-refractivity contribution in [1.82, 2.24) is 0 Å². The molecule has 0 amide bonds. The Morgan fingerprint density at radius 1 is 0.641 bits per heavy atom. The van der Waals surface area contributed by atoms with Crippen molar-refractivity contribution in [2.75, 3.05) is 0 Å². The van der Waals surface area contributed by atoms with Gasteiger partial charge in [-0.25, -0.2) is 0 Å². The van der Waals surface area contributed by atoms with Gasteiger partial charge in [0, 0.05) is 0 Å². The van der Waals surface area contributed by atoms with Crippen LogP contribution in [0.5, 0.6) is 0 Å². The number of fused-ring (bicyclic) bond motifs is 2. The molecular formula is C35H44Cl2SiZr-4. The number of aryl methyl sites for hydroxylation is 2. The summed E-state index contributed by atoms with van der Waals surface area (Å²) in [5.41, 5.74) is 5.96. The Morgan fingerprint density at radius 2 is 1.00 bits per heavy atom. The first-order chi connectivity index (χ1) is 17.4. The molecule has 0 heterocycles. The SMILES string of the molecule is Cc1cc2ccccc2[c-]1CC(C)C.Cc1cc2ccccc2[c-]1CC(C)C.Cl.Cl.[CH3-].[Si]=[Zr].[c-]1ccccc1. The number of hydrogen-bond donors (Lipinski definition) is 0. The molecule has 2 radical (unpaired) electrons. The first-order valence-electron chi connectivity index (χ1n) is 12.8. The minimum Gasteiger partial charge on any atom is -0.184 e. The normalized spacial score (nSPS) is 9.51. The number of benzene rings is 3. The monoisotopic (exact) mass is 652 g/mol. The summed E-state index contributed by atoms with van der Waals surface area (Å²) in [6, 6.07) is 34.5. The van der Waals surface area contributed by atoms with Crippen LogP contribution in [0.3, 0.4) is 0 Å². The van der Waals surface area contributed by atoms with Gasteiger partial charge in [-0.05, 0) is 0 Å². The molecule has 0 spiro atoms. The molecular weight excluding hydrogens is 611 g/mol. The maximum atomic E-state index is 3.06. The van der Waals surface area contributed by atoms with Crippen molar-refractivity contribution in [2.45, 2.75) is 54.4 Å². The smallest absolute Gasteiger partial charge is 0.171 e. The van der Waals surface area contributed by atoms with Crippen LogP contribution in [-0.2, 0) is 36.2 Å². The summed E-state index contributed by atoms with van der Waals surface area (Å²) in [6.07, 6.45) is 2.39. The Bertz CT molecular complexity index is 1190. The van der Waals surface area contributed by atoms with Crippen LogP contribution in [0.15, 0.2) is 91.0 Å². The van der Waals surface area contributed by atoms with Crippen LogP contribution < -0.4 is 0 Å². The Labute approximate surface area is 267 Å². The molecule has 0 saturated carbocycles. The van der Waals surface area contributed by atoms with Gasteiger partial charge in [-0.2, -0.15) is 48.5 Å². The molecule has 0 saturated heterocycles. The van der Waals surface area contributed by atoms with Crippen molar-refractivity contribution >= 4 is 53.2 Å². The maximum Gasteiger partial charge on any atom is -0.171 e. The Kier molecular flexibility index (Phi) is 21.7. The molecule has 5 aromatic carbocycles. The minimum absolute atomic E-state index is 0. The fraction of sp³-hybridized carbons (Fsp3) is 0.286. The third-order valence-corrected chi connectivity index (χ3v) is 6.10. The molecule has 0 bridgehead atoms. The molecule has 0 aliphatic carbocycles.